The predicted octanol–water partition coefficient (Wildman–Crippen LogP) is 2.22. The van der Waals surface area contributed by atoms with Gasteiger partial charge in [-0.2, -0.15) is 0 Å². The summed E-state index contributed by atoms with van der Waals surface area (Å²) in [5.74, 6) is -2.99. The highest BCUT2D eigenvalue weighted by Crippen LogP contribution is 2.38. The van der Waals surface area contributed by atoms with Crippen molar-refractivity contribution >= 4 is 52.8 Å². The molecule has 3 unspecified atom stereocenters. The van der Waals surface area contributed by atoms with Gasteiger partial charge in [0.2, 0.25) is 17.7 Å². The van der Waals surface area contributed by atoms with Gasteiger partial charge in [-0.1, -0.05) is 20.3 Å². The van der Waals surface area contributed by atoms with Gasteiger partial charge in [0.25, 0.3) is 17.4 Å². The van der Waals surface area contributed by atoms with Crippen LogP contribution in [0.4, 0.5) is 9.18 Å². The van der Waals surface area contributed by atoms with Crippen molar-refractivity contribution in [2.45, 2.75) is 110 Å². The Balaban J connectivity index is 1.16. The standard InChI is InChI=1S/C46H59FN8O11/c1-26(2)41(53-38(58)13-6-5-8-17-54-39(59)14-15-40(54)60)44(62)52-34(12-10-16-49-46(48)64)43(61)50-25-66-18-9-7-11-28-29-19-27(3)33(47)21-35(29)51-42-31(28)22-55-36(42)20-30(37(57)23-56)32(24-65-4)45(55)63/h14-15,19-21,23,26,34,37,41,57H,5-13,16-18,22,24-25H2,1-4H3,(H,50,61)(H,52,62)(H,53,58)(H3,48,49,64). The van der Waals surface area contributed by atoms with Gasteiger partial charge in [0.05, 0.1) is 30.1 Å². The topological polar surface area (TPSA) is 270 Å². The zero-order chi connectivity index (χ0) is 48.1. The first-order chi connectivity index (χ1) is 31.6. The van der Waals surface area contributed by atoms with Gasteiger partial charge in [-0.15, -0.1) is 0 Å². The number of methoxy groups -OCH3 is 1. The number of urea groups is 1. The average molecular weight is 919 g/mol. The maximum atomic E-state index is 14.9. The van der Waals surface area contributed by atoms with Crippen molar-refractivity contribution in [1.82, 2.24) is 35.7 Å². The van der Waals surface area contributed by atoms with Crippen LogP contribution in [0.25, 0.3) is 22.3 Å². The van der Waals surface area contributed by atoms with Crippen LogP contribution in [-0.4, -0.2) is 107 Å². The molecule has 2 aliphatic rings. The van der Waals surface area contributed by atoms with E-state index in [9.17, 15) is 47.9 Å². The van der Waals surface area contributed by atoms with Gasteiger partial charge >= 0.3 is 6.03 Å². The van der Waals surface area contributed by atoms with E-state index in [0.717, 1.165) is 21.4 Å². The second-order valence-electron chi connectivity index (χ2n) is 16.7. The van der Waals surface area contributed by atoms with Gasteiger partial charge in [0.15, 0.2) is 6.29 Å². The number of carbonyl (C=O) groups is 7. The summed E-state index contributed by atoms with van der Waals surface area (Å²) in [6.45, 7) is 5.67. The first-order valence-electron chi connectivity index (χ1n) is 22.1. The monoisotopic (exact) mass is 918 g/mol. The molecule has 2 aromatic heterocycles. The third kappa shape index (κ3) is 12.7. The zero-order valence-corrected chi connectivity index (χ0v) is 37.7. The molecule has 0 saturated carbocycles. The van der Waals surface area contributed by atoms with E-state index < -0.39 is 47.4 Å². The Morgan fingerprint density at radius 2 is 1.70 bits per heavy atom. The number of unbranched alkanes of at least 4 members (excludes halogenated alkanes) is 3. The molecule has 0 radical (unpaired) electrons. The van der Waals surface area contributed by atoms with Crippen molar-refractivity contribution in [1.29, 1.82) is 0 Å². The third-order valence-corrected chi connectivity index (χ3v) is 11.6. The number of primary amides is 1. The number of aliphatic hydroxyl groups is 1. The number of ether oxygens (including phenoxy) is 2. The van der Waals surface area contributed by atoms with Crippen molar-refractivity contribution in [3.8, 4) is 11.4 Å². The van der Waals surface area contributed by atoms with Crippen molar-refractivity contribution in [3.63, 3.8) is 0 Å². The molecule has 3 aromatic rings. The summed E-state index contributed by atoms with van der Waals surface area (Å²) in [5, 5.41) is 21.8. The second-order valence-corrected chi connectivity index (χ2v) is 16.7. The molecule has 66 heavy (non-hydrogen) atoms. The Labute approximate surface area is 381 Å². The first-order valence-corrected chi connectivity index (χ1v) is 22.1. The summed E-state index contributed by atoms with van der Waals surface area (Å²) < 4.78 is 27.4. The molecule has 20 heteroatoms. The molecule has 4 heterocycles. The molecule has 0 aliphatic carbocycles. The van der Waals surface area contributed by atoms with Gasteiger partial charge in [0.1, 0.15) is 30.7 Å². The van der Waals surface area contributed by atoms with E-state index in [4.69, 9.17) is 20.2 Å². The number of hydrogen-bond acceptors (Lipinski definition) is 12. The lowest BCUT2D eigenvalue weighted by atomic mass is 9.95. The molecule has 2 aliphatic heterocycles. The lowest BCUT2D eigenvalue weighted by molar-refractivity contribution is -0.137. The normalized spacial score (nSPS) is 14.3. The van der Waals surface area contributed by atoms with Crippen molar-refractivity contribution in [2.24, 2.45) is 11.7 Å². The minimum atomic E-state index is -1.56. The number of halogens is 1. The summed E-state index contributed by atoms with van der Waals surface area (Å²) in [7, 11) is 1.41. The summed E-state index contributed by atoms with van der Waals surface area (Å²) in [4.78, 5) is 106. The van der Waals surface area contributed by atoms with E-state index >= 15 is 0 Å². The number of nitrogens with one attached hydrogen (secondary N) is 4. The van der Waals surface area contributed by atoms with Crippen molar-refractivity contribution < 1.29 is 52.5 Å². The lowest BCUT2D eigenvalue weighted by Crippen LogP contribution is -2.55. The number of amides is 7. The molecule has 0 spiro atoms. The molecule has 3 atom stereocenters. The van der Waals surface area contributed by atoms with Crippen LogP contribution in [0, 0.1) is 18.7 Å². The van der Waals surface area contributed by atoms with E-state index in [2.05, 4.69) is 21.3 Å². The van der Waals surface area contributed by atoms with E-state index in [1.165, 1.54) is 29.9 Å². The van der Waals surface area contributed by atoms with Crippen molar-refractivity contribution in [3.05, 3.63) is 74.3 Å². The molecule has 0 saturated heterocycles. The van der Waals surface area contributed by atoms with Crippen LogP contribution in [-0.2, 0) is 57.8 Å². The number of fused-ring (bicyclic) bond motifs is 4. The molecule has 5 rings (SSSR count). The maximum absolute atomic E-state index is 14.9. The van der Waals surface area contributed by atoms with E-state index in [1.807, 2.05) is 0 Å². The van der Waals surface area contributed by atoms with E-state index in [-0.39, 0.29) is 87.2 Å². The summed E-state index contributed by atoms with van der Waals surface area (Å²) in [6.07, 6.45) is 4.95. The number of benzene rings is 1. The number of hydrogen-bond donors (Lipinski definition) is 6. The molecular weight excluding hydrogens is 860 g/mol. The highest BCUT2D eigenvalue weighted by atomic mass is 19.1. The van der Waals surface area contributed by atoms with E-state index in [0.29, 0.717) is 73.7 Å². The number of imide groups is 1. The smallest absolute Gasteiger partial charge is 0.312 e. The van der Waals surface area contributed by atoms with Crippen molar-refractivity contribution in [2.75, 3.05) is 33.5 Å². The molecule has 0 bridgehead atoms. The van der Waals surface area contributed by atoms with Gasteiger partial charge in [-0.3, -0.25) is 33.7 Å². The summed E-state index contributed by atoms with van der Waals surface area (Å²) in [5.41, 5.74) is 8.30. The van der Waals surface area contributed by atoms with Crippen LogP contribution in [0.3, 0.4) is 0 Å². The highest BCUT2D eigenvalue weighted by Gasteiger charge is 2.31. The van der Waals surface area contributed by atoms with Crippen LogP contribution in [0.15, 0.2) is 35.1 Å². The largest absolute Gasteiger partial charge is 0.381 e. The van der Waals surface area contributed by atoms with Gasteiger partial charge in [0, 0.05) is 73.5 Å². The number of aromatic nitrogens is 2. The summed E-state index contributed by atoms with van der Waals surface area (Å²) >= 11 is 0. The number of nitrogens with zero attached hydrogens (tertiary/aromatic N) is 3. The van der Waals surface area contributed by atoms with Gasteiger partial charge < -0.3 is 50.9 Å². The first kappa shape index (κ1) is 50.6. The Bertz CT molecular complexity index is 2400. The molecule has 7 amide bonds. The molecular formula is C46H59FN8O11. The number of nitrogens with two attached hydrogens (primary N) is 1. The molecule has 356 valence electrons. The van der Waals surface area contributed by atoms with Crippen LogP contribution >= 0.6 is 0 Å². The van der Waals surface area contributed by atoms with Crippen LogP contribution in [0.1, 0.15) is 99.1 Å². The number of rotatable bonds is 26. The number of aldehydes is 1. The number of aliphatic hydroxyl groups excluding tert-OH is 1. The molecule has 7 N–H and O–H groups in total. The predicted molar refractivity (Wildman–Crippen MR) is 239 cm³/mol. The number of pyridine rings is 2. The fourth-order valence-electron chi connectivity index (χ4n) is 8.05. The fraction of sp³-hybridized carbons (Fsp3) is 0.500. The molecule has 19 nitrogen and oxygen atoms in total. The Kier molecular flexibility index (Phi) is 18.2. The molecule has 0 fully saturated rings. The maximum Gasteiger partial charge on any atom is 0.312 e. The fourth-order valence-corrected chi connectivity index (χ4v) is 8.05. The van der Waals surface area contributed by atoms with Gasteiger partial charge in [-0.05, 0) is 81.0 Å². The van der Waals surface area contributed by atoms with Crippen LogP contribution in [0.5, 0.6) is 0 Å². The summed E-state index contributed by atoms with van der Waals surface area (Å²) in [6, 6.07) is 1.89. The average Bonchev–Trinajstić information content (AvgIpc) is 3.81. The number of aryl methyl sites for hydroxylation is 2. The minimum Gasteiger partial charge on any atom is -0.381 e. The Hall–Kier alpha value is -6.38. The molecule has 1 aromatic carbocycles. The third-order valence-electron chi connectivity index (χ3n) is 11.6. The Morgan fingerprint density at radius 1 is 0.955 bits per heavy atom. The minimum absolute atomic E-state index is 0.110. The zero-order valence-electron chi connectivity index (χ0n) is 37.7. The number of carbonyl (C=O) groups excluding carboxylic acids is 7. The quantitative estimate of drug-likeness (QED) is 0.0229. The van der Waals surface area contributed by atoms with Crippen LogP contribution in [0.2, 0.25) is 0 Å². The SMILES string of the molecule is COCc1c(C(O)C=O)cc2n(c1=O)Cc1c-2nc2cc(F)c(C)cc2c1CCCCOCNC(=O)C(CCCNC(N)=O)NC(=O)C(NC(=O)CCCCCN1C(=O)C=CC1=O)C(C)C. The second kappa shape index (κ2) is 23.7. The van der Waals surface area contributed by atoms with Gasteiger partial charge in [-0.25, -0.2) is 14.2 Å². The lowest BCUT2D eigenvalue weighted by Gasteiger charge is -2.25. The van der Waals surface area contributed by atoms with E-state index in [1.54, 1.807) is 32.9 Å². The highest BCUT2D eigenvalue weighted by molar-refractivity contribution is 6.12. The van der Waals surface area contributed by atoms with Crippen LogP contribution < -0.4 is 32.6 Å². The Morgan fingerprint density at radius 3 is 2.38 bits per heavy atom.